The number of rotatable bonds is 5. The summed E-state index contributed by atoms with van der Waals surface area (Å²) >= 11 is 0. The minimum atomic E-state index is -5.06. The van der Waals surface area contributed by atoms with Gasteiger partial charge in [0, 0.05) is 56.6 Å². The summed E-state index contributed by atoms with van der Waals surface area (Å²) in [7, 11) is 1.77. The molecule has 1 aliphatic rings. The van der Waals surface area contributed by atoms with Crippen LogP contribution in [0.15, 0.2) is 48.8 Å². The SMILES string of the molecule is Cc1ccc(C[C@@H]2CN(Cc3cnn(C)c3)CCN2C(=O)c2cc(C(F)(F)F)cc(C(F)(F)F)c2)cc1O. The highest BCUT2D eigenvalue weighted by Gasteiger charge is 2.39. The van der Waals surface area contributed by atoms with E-state index in [1.807, 2.05) is 11.1 Å². The highest BCUT2D eigenvalue weighted by atomic mass is 19.4. The third kappa shape index (κ3) is 6.29. The Morgan fingerprint density at radius 2 is 1.66 bits per heavy atom. The van der Waals surface area contributed by atoms with E-state index in [1.165, 1.54) is 4.90 Å². The fourth-order valence-corrected chi connectivity index (χ4v) is 4.62. The molecule has 3 aromatic rings. The topological polar surface area (TPSA) is 61.6 Å². The highest BCUT2D eigenvalue weighted by Crippen LogP contribution is 2.37. The summed E-state index contributed by atoms with van der Waals surface area (Å²) in [4.78, 5) is 16.8. The quantitative estimate of drug-likeness (QED) is 0.461. The number of carbonyl (C=O) groups excluding carboxylic acids is 1. The largest absolute Gasteiger partial charge is 0.508 e. The summed E-state index contributed by atoms with van der Waals surface area (Å²) in [5.41, 5.74) is -1.50. The van der Waals surface area contributed by atoms with E-state index >= 15 is 0 Å². The maximum atomic E-state index is 13.5. The monoisotopic (exact) mass is 540 g/mol. The first-order chi connectivity index (χ1) is 17.7. The van der Waals surface area contributed by atoms with E-state index in [1.54, 1.807) is 43.0 Å². The Morgan fingerprint density at radius 1 is 1.00 bits per heavy atom. The number of phenols is 1. The number of halogens is 6. The fraction of sp³-hybridized carbons (Fsp3) is 0.385. The van der Waals surface area contributed by atoms with Crippen LogP contribution in [0.2, 0.25) is 0 Å². The predicted molar refractivity (Wildman–Crippen MR) is 126 cm³/mol. The van der Waals surface area contributed by atoms with E-state index in [2.05, 4.69) is 5.10 Å². The van der Waals surface area contributed by atoms with Gasteiger partial charge in [-0.15, -0.1) is 0 Å². The molecular weight excluding hydrogens is 514 g/mol. The van der Waals surface area contributed by atoms with Crippen LogP contribution in [0.5, 0.6) is 5.75 Å². The van der Waals surface area contributed by atoms with E-state index < -0.39 is 41.0 Å². The van der Waals surface area contributed by atoms with Gasteiger partial charge < -0.3 is 10.0 Å². The van der Waals surface area contributed by atoms with Gasteiger partial charge in [-0.3, -0.25) is 14.4 Å². The lowest BCUT2D eigenvalue weighted by Crippen LogP contribution is -2.55. The van der Waals surface area contributed by atoms with Gasteiger partial charge in [0.15, 0.2) is 0 Å². The number of aromatic hydroxyl groups is 1. The van der Waals surface area contributed by atoms with Gasteiger partial charge >= 0.3 is 12.4 Å². The van der Waals surface area contributed by atoms with E-state index in [4.69, 9.17) is 0 Å². The summed E-state index contributed by atoms with van der Waals surface area (Å²) in [6, 6.07) is 5.39. The zero-order chi connectivity index (χ0) is 27.8. The van der Waals surface area contributed by atoms with Crippen LogP contribution in [0.25, 0.3) is 0 Å². The Hall–Kier alpha value is -3.54. The number of hydrogen-bond donors (Lipinski definition) is 1. The number of piperazine rings is 1. The number of benzene rings is 2. The standard InChI is InChI=1S/C26H26F6N4O2/c1-16-3-4-17(8-23(16)37)7-22-15-35(14-18-12-33-34(2)13-18)5-6-36(22)24(38)19-9-20(25(27,28)29)11-21(10-19)26(30,31)32/h3-4,8-13,22,37H,5-7,14-15H2,1-2H3/t22-/m1/s1. The van der Waals surface area contributed by atoms with Crippen LogP contribution in [0.4, 0.5) is 26.3 Å². The first-order valence-electron chi connectivity index (χ1n) is 11.8. The summed E-state index contributed by atoms with van der Waals surface area (Å²) in [6.45, 7) is 3.01. The molecule has 2 heterocycles. The Labute approximate surface area is 215 Å². The predicted octanol–water partition coefficient (Wildman–Crippen LogP) is 5.04. The second-order valence-electron chi connectivity index (χ2n) is 9.53. The Bertz CT molecular complexity index is 1290. The molecule has 0 spiro atoms. The van der Waals surface area contributed by atoms with Crippen molar-refractivity contribution in [3.63, 3.8) is 0 Å². The molecule has 0 bridgehead atoms. The second kappa shape index (κ2) is 10.3. The molecule has 204 valence electrons. The number of aryl methyl sites for hydroxylation is 2. The Kier molecular flexibility index (Phi) is 7.46. The molecule has 4 rings (SSSR count). The molecule has 1 aliphatic heterocycles. The van der Waals surface area contributed by atoms with E-state index in [0.717, 1.165) is 5.56 Å². The number of carbonyl (C=O) groups is 1. The molecule has 1 amide bonds. The average molecular weight is 541 g/mol. The van der Waals surface area contributed by atoms with Crippen molar-refractivity contribution in [3.8, 4) is 5.75 Å². The Morgan fingerprint density at radius 3 is 2.21 bits per heavy atom. The van der Waals surface area contributed by atoms with Crippen LogP contribution >= 0.6 is 0 Å². The lowest BCUT2D eigenvalue weighted by atomic mass is 9.98. The van der Waals surface area contributed by atoms with Crippen molar-refractivity contribution in [2.24, 2.45) is 7.05 Å². The van der Waals surface area contributed by atoms with Crippen molar-refractivity contribution in [2.75, 3.05) is 19.6 Å². The molecule has 1 fully saturated rings. The zero-order valence-electron chi connectivity index (χ0n) is 20.6. The van der Waals surface area contributed by atoms with Gasteiger partial charge in [0.1, 0.15) is 5.75 Å². The lowest BCUT2D eigenvalue weighted by molar-refractivity contribution is -0.143. The zero-order valence-corrected chi connectivity index (χ0v) is 20.6. The number of nitrogens with zero attached hydrogens (tertiary/aromatic N) is 4. The van der Waals surface area contributed by atoms with Gasteiger partial charge in [-0.25, -0.2) is 0 Å². The average Bonchev–Trinajstić information content (AvgIpc) is 3.24. The van der Waals surface area contributed by atoms with Gasteiger partial charge in [0.05, 0.1) is 17.3 Å². The van der Waals surface area contributed by atoms with Crippen molar-refractivity contribution in [3.05, 3.63) is 82.2 Å². The van der Waals surface area contributed by atoms with E-state index in [0.29, 0.717) is 42.9 Å². The number of hydrogen-bond acceptors (Lipinski definition) is 4. The van der Waals surface area contributed by atoms with Crippen molar-refractivity contribution in [1.82, 2.24) is 19.6 Å². The van der Waals surface area contributed by atoms with Crippen LogP contribution in [0.3, 0.4) is 0 Å². The van der Waals surface area contributed by atoms with Crippen LogP contribution in [0, 0.1) is 6.92 Å². The molecule has 38 heavy (non-hydrogen) atoms. The minimum Gasteiger partial charge on any atom is -0.508 e. The van der Waals surface area contributed by atoms with Gasteiger partial charge in [-0.1, -0.05) is 12.1 Å². The highest BCUT2D eigenvalue weighted by molar-refractivity contribution is 5.95. The third-order valence-corrected chi connectivity index (χ3v) is 6.57. The molecule has 0 unspecified atom stereocenters. The van der Waals surface area contributed by atoms with Gasteiger partial charge in [-0.05, 0) is 48.7 Å². The van der Waals surface area contributed by atoms with Crippen LogP contribution in [-0.2, 0) is 32.4 Å². The smallest absolute Gasteiger partial charge is 0.416 e. The summed E-state index contributed by atoms with van der Waals surface area (Å²) in [5.74, 6) is -0.861. The molecule has 1 saturated heterocycles. The van der Waals surface area contributed by atoms with Crippen molar-refractivity contribution >= 4 is 5.91 Å². The Balaban J connectivity index is 1.66. The molecule has 1 N–H and O–H groups in total. The number of phenolic OH excluding ortho intramolecular Hbond substituents is 1. The van der Waals surface area contributed by atoms with Crippen LogP contribution in [-0.4, -0.2) is 56.3 Å². The second-order valence-corrected chi connectivity index (χ2v) is 9.53. The maximum absolute atomic E-state index is 13.5. The maximum Gasteiger partial charge on any atom is 0.416 e. The molecule has 2 aromatic carbocycles. The van der Waals surface area contributed by atoms with Crippen LogP contribution in [0.1, 0.15) is 38.2 Å². The molecular formula is C26H26F6N4O2. The molecule has 6 nitrogen and oxygen atoms in total. The first-order valence-corrected chi connectivity index (χ1v) is 11.8. The van der Waals surface area contributed by atoms with Crippen molar-refractivity contribution in [2.45, 2.75) is 38.3 Å². The normalized spacial score (nSPS) is 17.2. The van der Waals surface area contributed by atoms with E-state index in [-0.39, 0.29) is 24.8 Å². The van der Waals surface area contributed by atoms with Crippen LogP contribution < -0.4 is 0 Å². The first kappa shape index (κ1) is 27.5. The molecule has 0 radical (unpaired) electrons. The molecule has 12 heteroatoms. The van der Waals surface area contributed by atoms with Gasteiger partial charge in [-0.2, -0.15) is 31.4 Å². The lowest BCUT2D eigenvalue weighted by Gasteiger charge is -2.41. The van der Waals surface area contributed by atoms with Crippen molar-refractivity contribution < 1.29 is 36.2 Å². The van der Waals surface area contributed by atoms with Crippen molar-refractivity contribution in [1.29, 1.82) is 0 Å². The van der Waals surface area contributed by atoms with Gasteiger partial charge in [0.25, 0.3) is 5.91 Å². The summed E-state index contributed by atoms with van der Waals surface area (Å²) < 4.78 is 82.1. The third-order valence-electron chi connectivity index (χ3n) is 6.57. The summed E-state index contributed by atoms with van der Waals surface area (Å²) in [5, 5.41) is 14.3. The molecule has 1 aromatic heterocycles. The number of alkyl halides is 6. The fourth-order valence-electron chi connectivity index (χ4n) is 4.62. The summed E-state index contributed by atoms with van der Waals surface area (Å²) in [6.07, 6.45) is -6.33. The molecule has 0 aliphatic carbocycles. The minimum absolute atomic E-state index is 0.00910. The number of amides is 1. The molecule has 0 saturated carbocycles. The molecule has 1 atom stereocenters. The number of aromatic nitrogens is 2. The van der Waals surface area contributed by atoms with E-state index in [9.17, 15) is 36.2 Å². The van der Waals surface area contributed by atoms with Gasteiger partial charge in [0.2, 0.25) is 0 Å².